The molecule has 7 heteroatoms. The second-order valence-corrected chi connectivity index (χ2v) is 8.02. The molecule has 0 aliphatic carbocycles. The van der Waals surface area contributed by atoms with Crippen LogP contribution in [0.5, 0.6) is 0 Å². The molecule has 0 spiro atoms. The smallest absolute Gasteiger partial charge is 0.265 e. The highest BCUT2D eigenvalue weighted by Gasteiger charge is 2.22. The van der Waals surface area contributed by atoms with E-state index in [-0.39, 0.29) is 5.91 Å². The molecular weight excluding hydrogens is 386 g/mol. The van der Waals surface area contributed by atoms with Crippen LogP contribution in [-0.4, -0.2) is 47.3 Å². The van der Waals surface area contributed by atoms with Crippen LogP contribution in [0.25, 0.3) is 32.8 Å². The standard InChI is InChI=1S/C22H19N3O3S/c1-14-4-2-3-5-16(14)15-6-7-17-18(12-15)28-24-20(17)21-23-13-19(29-21)22(26)25-8-10-27-11-9-25/h2-7,12-13H,8-11H2,1H3. The maximum atomic E-state index is 12.7. The zero-order chi connectivity index (χ0) is 19.8. The fraction of sp³-hybridized carbons (Fsp3) is 0.227. The molecule has 1 aliphatic rings. The van der Waals surface area contributed by atoms with Crippen molar-refractivity contribution in [1.82, 2.24) is 15.0 Å². The Balaban J connectivity index is 1.46. The molecule has 4 aromatic rings. The van der Waals surface area contributed by atoms with Crippen molar-refractivity contribution >= 4 is 28.2 Å². The van der Waals surface area contributed by atoms with Crippen LogP contribution >= 0.6 is 11.3 Å². The van der Waals surface area contributed by atoms with Crippen LogP contribution in [-0.2, 0) is 4.74 Å². The molecule has 0 N–H and O–H groups in total. The van der Waals surface area contributed by atoms with Crippen molar-refractivity contribution in [2.24, 2.45) is 0 Å². The third-order valence-electron chi connectivity index (χ3n) is 5.15. The van der Waals surface area contributed by atoms with Crippen molar-refractivity contribution < 1.29 is 14.1 Å². The number of aromatic nitrogens is 2. The number of fused-ring (bicyclic) bond motifs is 1. The highest BCUT2D eigenvalue weighted by molar-refractivity contribution is 7.17. The lowest BCUT2D eigenvalue weighted by molar-refractivity contribution is 0.0306. The summed E-state index contributed by atoms with van der Waals surface area (Å²) in [4.78, 5) is 19.5. The third kappa shape index (κ3) is 3.32. The maximum absolute atomic E-state index is 12.7. The number of carbonyl (C=O) groups excluding carboxylic acids is 1. The van der Waals surface area contributed by atoms with Gasteiger partial charge in [0.2, 0.25) is 0 Å². The summed E-state index contributed by atoms with van der Waals surface area (Å²) >= 11 is 1.34. The Labute approximate surface area is 171 Å². The molecule has 1 aliphatic heterocycles. The molecule has 2 aromatic heterocycles. The molecule has 1 saturated heterocycles. The molecule has 1 fully saturated rings. The molecule has 3 heterocycles. The number of aryl methyl sites for hydroxylation is 1. The predicted molar refractivity (Wildman–Crippen MR) is 112 cm³/mol. The molecule has 0 unspecified atom stereocenters. The van der Waals surface area contributed by atoms with Crippen LogP contribution in [0.1, 0.15) is 15.2 Å². The van der Waals surface area contributed by atoms with Gasteiger partial charge in [-0.05, 0) is 35.7 Å². The zero-order valence-corrected chi connectivity index (χ0v) is 16.7. The largest absolute Gasteiger partial charge is 0.378 e. The molecule has 0 saturated carbocycles. The third-order valence-corrected chi connectivity index (χ3v) is 6.14. The van der Waals surface area contributed by atoms with Crippen molar-refractivity contribution in [3.63, 3.8) is 0 Å². The average Bonchev–Trinajstić information content (AvgIpc) is 3.41. The number of ether oxygens (including phenoxy) is 1. The van der Waals surface area contributed by atoms with E-state index in [1.54, 1.807) is 11.1 Å². The van der Waals surface area contributed by atoms with E-state index in [0.29, 0.717) is 47.5 Å². The lowest BCUT2D eigenvalue weighted by Gasteiger charge is -2.26. The summed E-state index contributed by atoms with van der Waals surface area (Å²) < 4.78 is 10.9. The van der Waals surface area contributed by atoms with Gasteiger partial charge in [0.05, 0.1) is 24.8 Å². The van der Waals surface area contributed by atoms with E-state index in [0.717, 1.165) is 10.9 Å². The maximum Gasteiger partial charge on any atom is 0.265 e. The van der Waals surface area contributed by atoms with Crippen LogP contribution in [0.4, 0.5) is 0 Å². The number of morpholine rings is 1. The van der Waals surface area contributed by atoms with Gasteiger partial charge in [0.25, 0.3) is 5.91 Å². The number of amides is 1. The fourth-order valence-corrected chi connectivity index (χ4v) is 4.44. The van der Waals surface area contributed by atoms with E-state index < -0.39 is 0 Å². The topological polar surface area (TPSA) is 68.5 Å². The Morgan fingerprint density at radius 1 is 1.14 bits per heavy atom. The Kier molecular flexibility index (Phi) is 4.61. The number of carbonyl (C=O) groups is 1. The summed E-state index contributed by atoms with van der Waals surface area (Å²) in [6.07, 6.45) is 1.63. The van der Waals surface area contributed by atoms with Crippen molar-refractivity contribution in [2.45, 2.75) is 6.92 Å². The fourth-order valence-electron chi connectivity index (χ4n) is 3.56. The predicted octanol–water partition coefficient (Wildman–Crippen LogP) is 4.40. The van der Waals surface area contributed by atoms with Gasteiger partial charge in [-0.3, -0.25) is 4.79 Å². The summed E-state index contributed by atoms with van der Waals surface area (Å²) in [5, 5.41) is 5.81. The minimum Gasteiger partial charge on any atom is -0.378 e. The van der Waals surface area contributed by atoms with Crippen molar-refractivity contribution in [1.29, 1.82) is 0 Å². The molecule has 29 heavy (non-hydrogen) atoms. The highest BCUT2D eigenvalue weighted by Crippen LogP contribution is 2.34. The molecule has 2 aromatic carbocycles. The number of nitrogens with zero attached hydrogens (tertiary/aromatic N) is 3. The first-order chi connectivity index (χ1) is 14.2. The van der Waals surface area contributed by atoms with Crippen LogP contribution in [0.15, 0.2) is 53.2 Å². The van der Waals surface area contributed by atoms with Gasteiger partial charge in [-0.15, -0.1) is 11.3 Å². The van der Waals surface area contributed by atoms with Crippen LogP contribution in [0, 0.1) is 6.92 Å². The van der Waals surface area contributed by atoms with E-state index >= 15 is 0 Å². The summed E-state index contributed by atoms with van der Waals surface area (Å²) in [7, 11) is 0. The molecule has 6 nitrogen and oxygen atoms in total. The molecule has 0 radical (unpaired) electrons. The number of benzene rings is 2. The van der Waals surface area contributed by atoms with E-state index in [1.807, 2.05) is 24.3 Å². The quantitative estimate of drug-likeness (QED) is 0.505. The average molecular weight is 405 g/mol. The highest BCUT2D eigenvalue weighted by atomic mass is 32.1. The van der Waals surface area contributed by atoms with Gasteiger partial charge in [-0.25, -0.2) is 4.98 Å². The van der Waals surface area contributed by atoms with E-state index in [2.05, 4.69) is 35.3 Å². The first kappa shape index (κ1) is 18.0. The molecule has 1 amide bonds. The lowest BCUT2D eigenvalue weighted by atomic mass is 10.00. The Morgan fingerprint density at radius 3 is 2.79 bits per heavy atom. The van der Waals surface area contributed by atoms with Gasteiger partial charge >= 0.3 is 0 Å². The molecule has 0 bridgehead atoms. The Bertz CT molecular complexity index is 1190. The first-order valence-electron chi connectivity index (χ1n) is 9.49. The summed E-state index contributed by atoms with van der Waals surface area (Å²) in [5.41, 5.74) is 4.83. The normalized spacial score (nSPS) is 14.4. The monoisotopic (exact) mass is 405 g/mol. The van der Waals surface area contributed by atoms with Gasteiger partial charge in [0, 0.05) is 13.1 Å². The van der Waals surface area contributed by atoms with Gasteiger partial charge in [0.1, 0.15) is 15.6 Å². The summed E-state index contributed by atoms with van der Waals surface area (Å²) in [6, 6.07) is 14.3. The van der Waals surface area contributed by atoms with Crippen molar-refractivity contribution in [2.75, 3.05) is 26.3 Å². The molecule has 146 valence electrons. The Hall–Kier alpha value is -3.03. The van der Waals surface area contributed by atoms with Crippen molar-refractivity contribution in [3.8, 4) is 21.8 Å². The first-order valence-corrected chi connectivity index (χ1v) is 10.3. The lowest BCUT2D eigenvalue weighted by Crippen LogP contribution is -2.40. The van der Waals surface area contributed by atoms with Gasteiger partial charge in [0.15, 0.2) is 5.58 Å². The van der Waals surface area contributed by atoms with Gasteiger partial charge < -0.3 is 14.2 Å². The van der Waals surface area contributed by atoms with Gasteiger partial charge in [-0.1, -0.05) is 35.5 Å². The van der Waals surface area contributed by atoms with Gasteiger partial charge in [-0.2, -0.15) is 0 Å². The van der Waals surface area contributed by atoms with E-state index in [4.69, 9.17) is 9.26 Å². The summed E-state index contributed by atoms with van der Waals surface area (Å²) in [5.74, 6) is -0.00769. The minimum absolute atomic E-state index is 0.00769. The second kappa shape index (κ2) is 7.42. The minimum atomic E-state index is -0.00769. The second-order valence-electron chi connectivity index (χ2n) is 6.99. The van der Waals surface area contributed by atoms with Crippen LogP contribution < -0.4 is 0 Å². The van der Waals surface area contributed by atoms with Crippen LogP contribution in [0.3, 0.4) is 0 Å². The number of hydrogen-bond acceptors (Lipinski definition) is 6. The van der Waals surface area contributed by atoms with E-state index in [1.165, 1.54) is 22.5 Å². The molecule has 5 rings (SSSR count). The summed E-state index contributed by atoms with van der Waals surface area (Å²) in [6.45, 7) is 4.47. The zero-order valence-electron chi connectivity index (χ0n) is 15.9. The van der Waals surface area contributed by atoms with Crippen molar-refractivity contribution in [3.05, 3.63) is 59.1 Å². The Morgan fingerprint density at radius 2 is 1.97 bits per heavy atom. The van der Waals surface area contributed by atoms with Crippen LogP contribution in [0.2, 0.25) is 0 Å². The van der Waals surface area contributed by atoms with E-state index in [9.17, 15) is 4.79 Å². The number of rotatable bonds is 3. The number of thiazole rings is 1. The molecule has 0 atom stereocenters. The molecular formula is C22H19N3O3S. The SMILES string of the molecule is Cc1ccccc1-c1ccc2c(-c3ncc(C(=O)N4CCOCC4)s3)noc2c1. The number of hydrogen-bond donors (Lipinski definition) is 0.